The summed E-state index contributed by atoms with van der Waals surface area (Å²) in [6.45, 7) is 4.72. The number of piperazine rings is 1. The van der Waals surface area contributed by atoms with E-state index in [1.807, 2.05) is 0 Å². The molecule has 3 atom stereocenters. The van der Waals surface area contributed by atoms with Crippen molar-refractivity contribution in [1.29, 1.82) is 0 Å². The van der Waals surface area contributed by atoms with E-state index in [0.717, 1.165) is 38.4 Å². The summed E-state index contributed by atoms with van der Waals surface area (Å²) in [6, 6.07) is 1.17. The molecule has 3 fully saturated rings. The van der Waals surface area contributed by atoms with Crippen molar-refractivity contribution >= 4 is 5.91 Å². The Balaban J connectivity index is 1.63. The highest BCUT2D eigenvalue weighted by Crippen LogP contribution is 2.31. The molecule has 1 aliphatic carbocycles. The molecule has 1 amide bonds. The predicted molar refractivity (Wildman–Crippen MR) is 79.2 cm³/mol. The number of amides is 1. The predicted octanol–water partition coefficient (Wildman–Crippen LogP) is 0.282. The van der Waals surface area contributed by atoms with Crippen molar-refractivity contribution in [2.45, 2.75) is 62.6 Å². The lowest BCUT2D eigenvalue weighted by Gasteiger charge is -2.49. The Hall–Kier alpha value is -0.650. The minimum absolute atomic E-state index is 0.321. The fourth-order valence-corrected chi connectivity index (χ4v) is 4.32. The number of hydrogen-bond acceptors (Lipinski definition) is 4. The molecular weight excluding hydrogens is 252 g/mol. The number of nitrogens with two attached hydrogens (primary N) is 2. The summed E-state index contributed by atoms with van der Waals surface area (Å²) in [4.78, 5) is 16.8. The number of piperidine rings is 1. The third-order valence-corrected chi connectivity index (χ3v) is 5.64. The molecule has 2 aliphatic heterocycles. The number of primary amides is 1. The zero-order chi connectivity index (χ0) is 14.2. The number of carbonyl (C=O) groups is 1. The van der Waals surface area contributed by atoms with Crippen LogP contribution in [0.3, 0.4) is 0 Å². The summed E-state index contributed by atoms with van der Waals surface area (Å²) >= 11 is 0. The summed E-state index contributed by atoms with van der Waals surface area (Å²) in [6.07, 6.45) is 7.73. The van der Waals surface area contributed by atoms with E-state index in [2.05, 4.69) is 9.80 Å². The molecule has 20 heavy (non-hydrogen) atoms. The molecule has 0 aromatic carbocycles. The van der Waals surface area contributed by atoms with Crippen LogP contribution in [0.25, 0.3) is 0 Å². The van der Waals surface area contributed by atoms with Crippen LogP contribution in [-0.4, -0.2) is 59.5 Å². The maximum atomic E-state index is 11.6. The highest BCUT2D eigenvalue weighted by atomic mass is 16.1. The molecule has 4 N–H and O–H groups in total. The lowest BCUT2D eigenvalue weighted by atomic mass is 9.78. The SMILES string of the molecule is NC(=O)C1(N)CCCC(N2CCN3CCCCC3C2)C1. The summed E-state index contributed by atoms with van der Waals surface area (Å²) in [5, 5.41) is 0. The van der Waals surface area contributed by atoms with Crippen LogP contribution >= 0.6 is 0 Å². The van der Waals surface area contributed by atoms with Crippen LogP contribution in [-0.2, 0) is 4.79 Å². The number of nitrogens with zero attached hydrogens (tertiary/aromatic N) is 2. The minimum atomic E-state index is -0.771. The Bertz CT molecular complexity index is 375. The van der Waals surface area contributed by atoms with Gasteiger partial charge in [-0.25, -0.2) is 0 Å². The van der Waals surface area contributed by atoms with Crippen LogP contribution in [0.5, 0.6) is 0 Å². The summed E-state index contributed by atoms with van der Waals surface area (Å²) in [5.74, 6) is -0.321. The quantitative estimate of drug-likeness (QED) is 0.762. The van der Waals surface area contributed by atoms with Crippen LogP contribution < -0.4 is 11.5 Å². The fraction of sp³-hybridized carbons (Fsp3) is 0.933. The van der Waals surface area contributed by atoms with Crippen molar-refractivity contribution in [3.63, 3.8) is 0 Å². The number of carbonyl (C=O) groups excluding carboxylic acids is 1. The molecule has 3 aliphatic rings. The average molecular weight is 280 g/mol. The van der Waals surface area contributed by atoms with E-state index in [1.54, 1.807) is 0 Å². The second-order valence-electron chi connectivity index (χ2n) is 6.95. The van der Waals surface area contributed by atoms with E-state index >= 15 is 0 Å². The first-order chi connectivity index (χ1) is 9.58. The maximum Gasteiger partial charge on any atom is 0.237 e. The van der Waals surface area contributed by atoms with E-state index in [4.69, 9.17) is 11.5 Å². The van der Waals surface area contributed by atoms with Gasteiger partial charge in [0.15, 0.2) is 0 Å². The van der Waals surface area contributed by atoms with Crippen molar-refractivity contribution in [2.24, 2.45) is 11.5 Å². The van der Waals surface area contributed by atoms with Gasteiger partial charge in [0.2, 0.25) is 5.91 Å². The lowest BCUT2D eigenvalue weighted by Crippen LogP contribution is -2.62. The molecule has 0 aromatic heterocycles. The smallest absolute Gasteiger partial charge is 0.237 e. The third-order valence-electron chi connectivity index (χ3n) is 5.64. The molecule has 2 saturated heterocycles. The molecule has 5 heteroatoms. The van der Waals surface area contributed by atoms with Gasteiger partial charge in [-0.3, -0.25) is 14.6 Å². The monoisotopic (exact) mass is 280 g/mol. The van der Waals surface area contributed by atoms with Crippen LogP contribution in [0, 0.1) is 0 Å². The summed E-state index contributed by atoms with van der Waals surface area (Å²) < 4.78 is 0. The van der Waals surface area contributed by atoms with Gasteiger partial charge in [0.25, 0.3) is 0 Å². The van der Waals surface area contributed by atoms with E-state index in [1.165, 1.54) is 38.8 Å². The van der Waals surface area contributed by atoms with Crippen LogP contribution in [0.2, 0.25) is 0 Å². The molecule has 2 heterocycles. The van der Waals surface area contributed by atoms with Gasteiger partial charge in [0, 0.05) is 31.7 Å². The van der Waals surface area contributed by atoms with Gasteiger partial charge < -0.3 is 11.5 Å². The molecule has 5 nitrogen and oxygen atoms in total. The maximum absolute atomic E-state index is 11.6. The molecule has 114 valence electrons. The second-order valence-corrected chi connectivity index (χ2v) is 6.95. The van der Waals surface area contributed by atoms with Crippen molar-refractivity contribution in [3.05, 3.63) is 0 Å². The van der Waals surface area contributed by atoms with Gasteiger partial charge in [-0.05, 0) is 45.1 Å². The molecular formula is C15H28N4O. The van der Waals surface area contributed by atoms with Gasteiger partial charge in [0.1, 0.15) is 0 Å². The minimum Gasteiger partial charge on any atom is -0.368 e. The second kappa shape index (κ2) is 5.62. The normalized spacial score (nSPS) is 40.2. The summed E-state index contributed by atoms with van der Waals surface area (Å²) in [5.41, 5.74) is 11.0. The van der Waals surface area contributed by atoms with Crippen molar-refractivity contribution in [2.75, 3.05) is 26.2 Å². The molecule has 3 rings (SSSR count). The largest absolute Gasteiger partial charge is 0.368 e. The zero-order valence-corrected chi connectivity index (χ0v) is 12.4. The highest BCUT2D eigenvalue weighted by Gasteiger charge is 2.41. The van der Waals surface area contributed by atoms with Gasteiger partial charge in [0.05, 0.1) is 5.54 Å². The van der Waals surface area contributed by atoms with E-state index in [0.29, 0.717) is 6.04 Å². The molecule has 0 spiro atoms. The van der Waals surface area contributed by atoms with E-state index in [9.17, 15) is 4.79 Å². The van der Waals surface area contributed by atoms with Crippen molar-refractivity contribution < 1.29 is 4.79 Å². The summed E-state index contributed by atoms with van der Waals surface area (Å²) in [7, 11) is 0. The van der Waals surface area contributed by atoms with Gasteiger partial charge >= 0.3 is 0 Å². The van der Waals surface area contributed by atoms with Gasteiger partial charge in [-0.1, -0.05) is 6.42 Å². The van der Waals surface area contributed by atoms with Gasteiger partial charge in [-0.2, -0.15) is 0 Å². The Morgan fingerprint density at radius 1 is 1.00 bits per heavy atom. The fourth-order valence-electron chi connectivity index (χ4n) is 4.32. The Labute approximate surface area is 121 Å². The first kappa shape index (κ1) is 14.3. The highest BCUT2D eigenvalue weighted by molar-refractivity contribution is 5.84. The topological polar surface area (TPSA) is 75.6 Å². The molecule has 3 unspecified atom stereocenters. The zero-order valence-electron chi connectivity index (χ0n) is 12.4. The molecule has 0 radical (unpaired) electrons. The van der Waals surface area contributed by atoms with E-state index in [-0.39, 0.29) is 5.91 Å². The van der Waals surface area contributed by atoms with Crippen molar-refractivity contribution in [3.8, 4) is 0 Å². The van der Waals surface area contributed by atoms with Crippen molar-refractivity contribution in [1.82, 2.24) is 9.80 Å². The number of rotatable bonds is 2. The molecule has 0 bridgehead atoms. The standard InChI is InChI=1S/C15H28N4O/c16-14(20)15(17)6-3-5-12(10-15)19-9-8-18-7-2-1-4-13(18)11-19/h12-13H,1-11,17H2,(H2,16,20). The number of fused-ring (bicyclic) bond motifs is 1. The molecule has 0 aromatic rings. The Kier molecular flexibility index (Phi) is 4.02. The Morgan fingerprint density at radius 3 is 2.55 bits per heavy atom. The molecule has 1 saturated carbocycles. The lowest BCUT2D eigenvalue weighted by molar-refractivity contribution is -0.125. The first-order valence-electron chi connectivity index (χ1n) is 8.15. The van der Waals surface area contributed by atoms with E-state index < -0.39 is 5.54 Å². The van der Waals surface area contributed by atoms with Gasteiger partial charge in [-0.15, -0.1) is 0 Å². The first-order valence-corrected chi connectivity index (χ1v) is 8.15. The Morgan fingerprint density at radius 2 is 1.75 bits per heavy atom. The third kappa shape index (κ3) is 2.71. The number of hydrogen-bond donors (Lipinski definition) is 2. The van der Waals surface area contributed by atoms with Crippen LogP contribution in [0.4, 0.5) is 0 Å². The average Bonchev–Trinajstić information content (AvgIpc) is 2.46. The van der Waals surface area contributed by atoms with Crippen LogP contribution in [0.15, 0.2) is 0 Å². The van der Waals surface area contributed by atoms with Crippen LogP contribution in [0.1, 0.15) is 44.9 Å².